The van der Waals surface area contributed by atoms with Gasteiger partial charge in [-0.3, -0.25) is 14.5 Å². The second-order valence-corrected chi connectivity index (χ2v) is 8.99. The third-order valence-corrected chi connectivity index (χ3v) is 7.16. The first kappa shape index (κ1) is 20.4. The number of esters is 1. The van der Waals surface area contributed by atoms with Gasteiger partial charge >= 0.3 is 5.97 Å². The standard InChI is InChI=1S/C24H34N2O3/c1-3-4-12-21-19-11-8-15-25-14-7-9-18(23(19)25)16-26(21)24(28)20-10-5-6-13-22(20)29-17(2)27/h5-6,10,13,18-19,21,23H,3-4,7-9,11-12,14-16H2,1-2H3/t18-,19+,21+,23-/m0/s1. The van der Waals surface area contributed by atoms with Crippen LogP contribution in [0.3, 0.4) is 0 Å². The highest BCUT2D eigenvalue weighted by atomic mass is 16.5. The summed E-state index contributed by atoms with van der Waals surface area (Å²) in [7, 11) is 0. The number of likely N-dealkylation sites (tertiary alicyclic amines) is 1. The molecule has 1 aromatic rings. The Bertz CT molecular complexity index is 747. The molecule has 3 aliphatic heterocycles. The molecular formula is C24H34N2O3. The summed E-state index contributed by atoms with van der Waals surface area (Å²) in [5.41, 5.74) is 0.520. The van der Waals surface area contributed by atoms with E-state index in [4.69, 9.17) is 4.74 Å². The van der Waals surface area contributed by atoms with Crippen LogP contribution in [0.15, 0.2) is 24.3 Å². The number of nitrogens with zero attached hydrogens (tertiary/aromatic N) is 2. The normalized spacial score (nSPS) is 29.2. The summed E-state index contributed by atoms with van der Waals surface area (Å²) < 4.78 is 5.37. The fraction of sp³-hybridized carbons (Fsp3) is 0.667. The van der Waals surface area contributed by atoms with Crippen molar-refractivity contribution in [3.63, 3.8) is 0 Å². The summed E-state index contributed by atoms with van der Waals surface area (Å²) >= 11 is 0. The van der Waals surface area contributed by atoms with Crippen LogP contribution in [0.1, 0.15) is 69.2 Å². The van der Waals surface area contributed by atoms with Gasteiger partial charge in [-0.25, -0.2) is 0 Å². The van der Waals surface area contributed by atoms with Gasteiger partial charge in [0.25, 0.3) is 5.91 Å². The van der Waals surface area contributed by atoms with E-state index in [1.54, 1.807) is 12.1 Å². The van der Waals surface area contributed by atoms with Crippen LogP contribution in [0.5, 0.6) is 5.75 Å². The maximum atomic E-state index is 13.7. The predicted octanol–water partition coefficient (Wildman–Crippen LogP) is 4.12. The van der Waals surface area contributed by atoms with Crippen molar-refractivity contribution in [1.82, 2.24) is 9.80 Å². The highest BCUT2D eigenvalue weighted by molar-refractivity contribution is 5.98. The molecule has 1 aromatic carbocycles. The number of carbonyl (C=O) groups is 2. The van der Waals surface area contributed by atoms with Crippen LogP contribution in [0.2, 0.25) is 0 Å². The van der Waals surface area contributed by atoms with Gasteiger partial charge in [0.05, 0.1) is 5.56 Å². The van der Waals surface area contributed by atoms with E-state index in [9.17, 15) is 9.59 Å². The van der Waals surface area contributed by atoms with Gasteiger partial charge in [-0.05, 0) is 69.2 Å². The number of rotatable bonds is 5. The SMILES string of the molecule is CCCC[C@@H]1[C@H]2CCCN3CCC[C@@H](CN1C(=O)c1ccccc1OC(C)=O)[C@@H]23. The van der Waals surface area contributed by atoms with Crippen molar-refractivity contribution in [2.24, 2.45) is 11.8 Å². The van der Waals surface area contributed by atoms with Gasteiger partial charge in [0.15, 0.2) is 0 Å². The van der Waals surface area contributed by atoms with E-state index in [-0.39, 0.29) is 17.9 Å². The third-order valence-electron chi connectivity index (χ3n) is 7.16. The van der Waals surface area contributed by atoms with Gasteiger partial charge in [-0.2, -0.15) is 0 Å². The van der Waals surface area contributed by atoms with Crippen LogP contribution in [0.25, 0.3) is 0 Å². The van der Waals surface area contributed by atoms with Crippen LogP contribution in [-0.4, -0.2) is 53.4 Å². The van der Waals surface area contributed by atoms with Crippen molar-refractivity contribution in [3.8, 4) is 5.75 Å². The Labute approximate surface area is 174 Å². The molecule has 3 heterocycles. The molecule has 0 unspecified atom stereocenters. The van der Waals surface area contributed by atoms with E-state index in [1.165, 1.54) is 45.7 Å². The molecule has 0 bridgehead atoms. The smallest absolute Gasteiger partial charge is 0.308 e. The lowest BCUT2D eigenvalue weighted by atomic mass is 9.69. The van der Waals surface area contributed by atoms with E-state index < -0.39 is 0 Å². The number of hydrogen-bond donors (Lipinski definition) is 0. The van der Waals surface area contributed by atoms with Gasteiger partial charge in [-0.15, -0.1) is 0 Å². The Morgan fingerprint density at radius 3 is 2.66 bits per heavy atom. The maximum absolute atomic E-state index is 13.7. The molecule has 5 nitrogen and oxygen atoms in total. The van der Waals surface area contributed by atoms with Gasteiger partial charge in [-0.1, -0.05) is 31.9 Å². The van der Waals surface area contributed by atoms with Gasteiger partial charge < -0.3 is 9.64 Å². The number of unbranched alkanes of at least 4 members (excludes halogenated alkanes) is 1. The molecule has 0 radical (unpaired) electrons. The minimum Gasteiger partial charge on any atom is -0.426 e. The number of carbonyl (C=O) groups excluding carboxylic acids is 2. The summed E-state index contributed by atoms with van der Waals surface area (Å²) in [6.45, 7) is 6.89. The second kappa shape index (κ2) is 8.86. The summed E-state index contributed by atoms with van der Waals surface area (Å²) in [5.74, 6) is 1.16. The zero-order valence-electron chi connectivity index (χ0n) is 17.8. The third kappa shape index (κ3) is 4.07. The minimum absolute atomic E-state index is 0.0316. The quantitative estimate of drug-likeness (QED) is 0.553. The zero-order valence-corrected chi connectivity index (χ0v) is 17.8. The van der Waals surface area contributed by atoms with E-state index in [0.29, 0.717) is 29.2 Å². The molecule has 0 aromatic heterocycles. The number of ether oxygens (including phenoxy) is 1. The molecule has 0 aliphatic carbocycles. The summed E-state index contributed by atoms with van der Waals surface area (Å²) in [4.78, 5) is 30.1. The lowest BCUT2D eigenvalue weighted by Crippen LogP contribution is -2.65. The van der Waals surface area contributed by atoms with Crippen molar-refractivity contribution >= 4 is 11.9 Å². The molecule has 4 rings (SSSR count). The molecule has 4 atom stereocenters. The van der Waals surface area contributed by atoms with Crippen molar-refractivity contribution in [3.05, 3.63) is 29.8 Å². The molecule has 3 aliphatic rings. The number of para-hydroxylation sites is 1. The first-order valence-electron chi connectivity index (χ1n) is 11.4. The summed E-state index contributed by atoms with van der Waals surface area (Å²) in [5, 5.41) is 0. The molecule has 29 heavy (non-hydrogen) atoms. The Morgan fingerprint density at radius 1 is 1.14 bits per heavy atom. The first-order valence-corrected chi connectivity index (χ1v) is 11.4. The van der Waals surface area contributed by atoms with Gasteiger partial charge in [0.1, 0.15) is 5.75 Å². The van der Waals surface area contributed by atoms with Crippen molar-refractivity contribution in [1.29, 1.82) is 0 Å². The van der Waals surface area contributed by atoms with Crippen LogP contribution in [-0.2, 0) is 4.79 Å². The fourth-order valence-electron chi connectivity index (χ4n) is 6.05. The second-order valence-electron chi connectivity index (χ2n) is 8.99. The van der Waals surface area contributed by atoms with E-state index in [0.717, 1.165) is 25.8 Å². The molecule has 0 N–H and O–H groups in total. The Balaban J connectivity index is 1.65. The fourth-order valence-corrected chi connectivity index (χ4v) is 6.05. The topological polar surface area (TPSA) is 49.9 Å². The molecule has 3 saturated heterocycles. The van der Waals surface area contributed by atoms with Gasteiger partial charge in [0, 0.05) is 25.6 Å². The Kier molecular flexibility index (Phi) is 6.23. The van der Waals surface area contributed by atoms with Crippen LogP contribution < -0.4 is 4.74 Å². The molecular weight excluding hydrogens is 364 g/mol. The summed E-state index contributed by atoms with van der Waals surface area (Å²) in [6.07, 6.45) is 8.28. The average Bonchev–Trinajstić information content (AvgIpc) is 2.73. The first-order chi connectivity index (χ1) is 14.1. The number of amides is 1. The highest BCUT2D eigenvalue weighted by Crippen LogP contribution is 2.44. The van der Waals surface area contributed by atoms with Crippen molar-refractivity contribution < 1.29 is 14.3 Å². The monoisotopic (exact) mass is 398 g/mol. The van der Waals surface area contributed by atoms with Crippen molar-refractivity contribution in [2.75, 3.05) is 19.6 Å². The molecule has 5 heteroatoms. The predicted molar refractivity (Wildman–Crippen MR) is 113 cm³/mol. The largest absolute Gasteiger partial charge is 0.426 e. The minimum atomic E-state index is -0.387. The maximum Gasteiger partial charge on any atom is 0.308 e. The van der Waals surface area contributed by atoms with Crippen LogP contribution >= 0.6 is 0 Å². The van der Waals surface area contributed by atoms with Crippen LogP contribution in [0, 0.1) is 11.8 Å². The molecule has 158 valence electrons. The van der Waals surface area contributed by atoms with Gasteiger partial charge in [0.2, 0.25) is 0 Å². The number of piperidine rings is 3. The van der Waals surface area contributed by atoms with E-state index in [1.807, 2.05) is 12.1 Å². The van der Waals surface area contributed by atoms with Crippen molar-refractivity contribution in [2.45, 2.75) is 70.9 Å². The Hall–Kier alpha value is -1.88. The number of benzene rings is 1. The highest BCUT2D eigenvalue weighted by Gasteiger charge is 2.49. The van der Waals surface area contributed by atoms with Crippen LogP contribution in [0.4, 0.5) is 0 Å². The van der Waals surface area contributed by atoms with E-state index >= 15 is 0 Å². The average molecular weight is 399 g/mol. The molecule has 0 saturated carbocycles. The Morgan fingerprint density at radius 2 is 1.90 bits per heavy atom. The lowest BCUT2D eigenvalue weighted by molar-refractivity contribution is -0.131. The molecule has 1 amide bonds. The molecule has 0 spiro atoms. The lowest BCUT2D eigenvalue weighted by Gasteiger charge is -2.57. The zero-order chi connectivity index (χ0) is 20.4. The summed E-state index contributed by atoms with van der Waals surface area (Å²) in [6, 6.07) is 8.14. The molecule has 3 fully saturated rings. The van der Waals surface area contributed by atoms with E-state index in [2.05, 4.69) is 16.7 Å². The number of hydrogen-bond acceptors (Lipinski definition) is 4.